The number of aromatic nitrogens is 4. The van der Waals surface area contributed by atoms with E-state index in [2.05, 4.69) is 15.0 Å². The molecule has 28 heavy (non-hydrogen) atoms. The Morgan fingerprint density at radius 1 is 1.18 bits per heavy atom. The molecule has 7 heteroatoms. The summed E-state index contributed by atoms with van der Waals surface area (Å²) in [6, 6.07) is 10.8. The monoisotopic (exact) mass is 392 g/mol. The number of ether oxygens (including phenoxy) is 1. The Hall–Kier alpha value is -3.38. The van der Waals surface area contributed by atoms with Crippen molar-refractivity contribution in [1.29, 1.82) is 0 Å². The van der Waals surface area contributed by atoms with E-state index in [1.165, 1.54) is 0 Å². The number of hydrogen-bond donors (Lipinski definition) is 1. The van der Waals surface area contributed by atoms with Gasteiger partial charge >= 0.3 is 0 Å². The Bertz CT molecular complexity index is 1260. The predicted molar refractivity (Wildman–Crippen MR) is 111 cm³/mol. The largest absolute Gasteiger partial charge is 0.495 e. The third-order valence-corrected chi connectivity index (χ3v) is 4.55. The third-order valence-electron chi connectivity index (χ3n) is 4.31. The second-order valence-electron chi connectivity index (χ2n) is 6.30. The molecule has 0 saturated heterocycles. The molecular formula is C21H17ClN4O2. The molecule has 0 fully saturated rings. The molecule has 0 aliphatic carbocycles. The maximum Gasteiger partial charge on any atom is 0.259 e. The minimum Gasteiger partial charge on any atom is -0.495 e. The summed E-state index contributed by atoms with van der Waals surface area (Å²) >= 11 is 6.01. The average Bonchev–Trinajstić information content (AvgIpc) is 3.12. The molecule has 0 amide bonds. The number of halogens is 1. The van der Waals surface area contributed by atoms with Crippen LogP contribution in [-0.4, -0.2) is 26.6 Å². The average molecular weight is 393 g/mol. The number of fused-ring (bicyclic) bond motifs is 1. The summed E-state index contributed by atoms with van der Waals surface area (Å²) in [6.45, 7) is 1.94. The fourth-order valence-corrected chi connectivity index (χ4v) is 3.12. The minimum absolute atomic E-state index is 0.204. The zero-order valence-corrected chi connectivity index (χ0v) is 16.1. The Labute approximate surface area is 166 Å². The fraction of sp³-hybridized carbons (Fsp3) is 0.0952. The van der Waals surface area contributed by atoms with Crippen LogP contribution < -0.4 is 10.3 Å². The third kappa shape index (κ3) is 3.54. The topological polar surface area (TPSA) is 72.8 Å². The zero-order valence-electron chi connectivity index (χ0n) is 15.3. The number of aryl methyl sites for hydroxylation is 1. The van der Waals surface area contributed by atoms with Crippen molar-refractivity contribution in [3.8, 4) is 11.4 Å². The molecule has 0 aliphatic rings. The molecular weight excluding hydrogens is 376 g/mol. The summed E-state index contributed by atoms with van der Waals surface area (Å²) in [4.78, 5) is 23.7. The Morgan fingerprint density at radius 2 is 2.04 bits per heavy atom. The van der Waals surface area contributed by atoms with E-state index in [0.29, 0.717) is 27.5 Å². The Morgan fingerprint density at radius 3 is 2.79 bits per heavy atom. The van der Waals surface area contributed by atoms with Crippen LogP contribution in [0.15, 0.2) is 53.7 Å². The van der Waals surface area contributed by atoms with E-state index >= 15 is 0 Å². The van der Waals surface area contributed by atoms with E-state index in [1.807, 2.05) is 42.0 Å². The lowest BCUT2D eigenvalue weighted by Gasteiger charge is -2.10. The van der Waals surface area contributed by atoms with Crippen LogP contribution in [0.2, 0.25) is 5.02 Å². The molecule has 4 aromatic rings. The highest BCUT2D eigenvalue weighted by Gasteiger charge is 2.07. The second-order valence-corrected chi connectivity index (χ2v) is 6.74. The van der Waals surface area contributed by atoms with Crippen molar-refractivity contribution in [1.82, 2.24) is 19.5 Å². The van der Waals surface area contributed by atoms with Crippen molar-refractivity contribution in [3.05, 3.63) is 81.4 Å². The summed E-state index contributed by atoms with van der Waals surface area (Å²) in [5.74, 6) is 1.17. The van der Waals surface area contributed by atoms with Crippen molar-refractivity contribution in [2.45, 2.75) is 6.92 Å². The van der Waals surface area contributed by atoms with Crippen LogP contribution in [0.3, 0.4) is 0 Å². The van der Waals surface area contributed by atoms with Gasteiger partial charge in [0.15, 0.2) is 0 Å². The standard InChI is InChI=1S/C21H17ClN4O2/c1-13-11-26(12-23-13)18-7-3-14(9-19(18)28-2)4-8-20-24-17-10-15(22)5-6-16(17)21(27)25-20/h3-12H,1-2H3,(H,24,25,27). The number of nitrogens with zero attached hydrogens (tertiary/aromatic N) is 3. The van der Waals surface area contributed by atoms with Gasteiger partial charge in [-0.25, -0.2) is 9.97 Å². The maximum atomic E-state index is 12.2. The Kier molecular flexibility index (Phi) is 4.71. The smallest absolute Gasteiger partial charge is 0.259 e. The van der Waals surface area contributed by atoms with Gasteiger partial charge in [-0.05, 0) is 48.9 Å². The zero-order chi connectivity index (χ0) is 19.7. The van der Waals surface area contributed by atoms with Crippen LogP contribution in [-0.2, 0) is 0 Å². The summed E-state index contributed by atoms with van der Waals surface area (Å²) < 4.78 is 7.43. The van der Waals surface area contributed by atoms with Crippen LogP contribution in [0.4, 0.5) is 0 Å². The second kappa shape index (κ2) is 7.32. The molecule has 0 saturated carbocycles. The first-order valence-electron chi connectivity index (χ1n) is 8.60. The highest BCUT2D eigenvalue weighted by molar-refractivity contribution is 6.31. The van der Waals surface area contributed by atoms with Gasteiger partial charge in [0.25, 0.3) is 5.56 Å². The molecule has 0 spiro atoms. The van der Waals surface area contributed by atoms with Crippen LogP contribution in [0.25, 0.3) is 28.7 Å². The van der Waals surface area contributed by atoms with Crippen LogP contribution in [0.5, 0.6) is 5.75 Å². The minimum atomic E-state index is -0.204. The Balaban J connectivity index is 1.68. The lowest BCUT2D eigenvalue weighted by atomic mass is 10.1. The van der Waals surface area contributed by atoms with E-state index in [4.69, 9.17) is 16.3 Å². The first kappa shape index (κ1) is 18.0. The van der Waals surface area contributed by atoms with Crippen LogP contribution >= 0.6 is 11.6 Å². The van der Waals surface area contributed by atoms with Crippen molar-refractivity contribution in [2.24, 2.45) is 0 Å². The lowest BCUT2D eigenvalue weighted by molar-refractivity contribution is 0.413. The van der Waals surface area contributed by atoms with Gasteiger partial charge < -0.3 is 14.3 Å². The fourth-order valence-electron chi connectivity index (χ4n) is 2.95. The maximum absolute atomic E-state index is 12.2. The van der Waals surface area contributed by atoms with Crippen molar-refractivity contribution < 1.29 is 4.74 Å². The number of rotatable bonds is 4. The molecule has 2 aromatic heterocycles. The number of methoxy groups -OCH3 is 1. The van der Waals surface area contributed by atoms with Gasteiger partial charge in [-0.3, -0.25) is 4.79 Å². The molecule has 2 heterocycles. The highest BCUT2D eigenvalue weighted by atomic mass is 35.5. The molecule has 0 unspecified atom stereocenters. The van der Waals surface area contributed by atoms with E-state index in [1.54, 1.807) is 37.7 Å². The molecule has 0 atom stereocenters. The van der Waals surface area contributed by atoms with Gasteiger partial charge in [-0.1, -0.05) is 23.7 Å². The molecule has 140 valence electrons. The van der Waals surface area contributed by atoms with Crippen molar-refractivity contribution in [2.75, 3.05) is 7.11 Å². The van der Waals surface area contributed by atoms with E-state index in [0.717, 1.165) is 16.9 Å². The summed E-state index contributed by atoms with van der Waals surface area (Å²) in [5, 5.41) is 1.04. The van der Waals surface area contributed by atoms with Crippen molar-refractivity contribution >= 4 is 34.7 Å². The lowest BCUT2D eigenvalue weighted by Crippen LogP contribution is -2.09. The quantitative estimate of drug-likeness (QED) is 0.563. The molecule has 2 aromatic carbocycles. The number of nitrogens with one attached hydrogen (secondary N) is 1. The highest BCUT2D eigenvalue weighted by Crippen LogP contribution is 2.25. The number of aromatic amines is 1. The molecule has 1 N–H and O–H groups in total. The van der Waals surface area contributed by atoms with Gasteiger partial charge in [-0.2, -0.15) is 0 Å². The van der Waals surface area contributed by atoms with Gasteiger partial charge in [-0.15, -0.1) is 0 Å². The van der Waals surface area contributed by atoms with E-state index in [9.17, 15) is 4.79 Å². The van der Waals surface area contributed by atoms with Gasteiger partial charge in [0.05, 0.1) is 35.7 Å². The first-order valence-corrected chi connectivity index (χ1v) is 8.98. The van der Waals surface area contributed by atoms with Crippen molar-refractivity contribution in [3.63, 3.8) is 0 Å². The normalized spacial score (nSPS) is 11.4. The molecule has 0 bridgehead atoms. The molecule has 6 nitrogen and oxygen atoms in total. The van der Waals surface area contributed by atoms with Crippen LogP contribution in [0.1, 0.15) is 17.1 Å². The van der Waals surface area contributed by atoms with Gasteiger partial charge in [0, 0.05) is 11.2 Å². The van der Waals surface area contributed by atoms with E-state index in [-0.39, 0.29) is 5.56 Å². The SMILES string of the molecule is COc1cc(C=Cc2nc3cc(Cl)ccc3c(=O)[nH]2)ccc1-n1cnc(C)c1. The summed E-state index contributed by atoms with van der Waals surface area (Å²) in [6.07, 6.45) is 7.29. The summed E-state index contributed by atoms with van der Waals surface area (Å²) in [5.41, 5.74) is 3.08. The van der Waals surface area contributed by atoms with Gasteiger partial charge in [0.1, 0.15) is 11.6 Å². The van der Waals surface area contributed by atoms with E-state index < -0.39 is 0 Å². The number of imidazole rings is 1. The predicted octanol–water partition coefficient (Wildman–Crippen LogP) is 4.25. The number of H-pyrrole nitrogens is 1. The molecule has 0 radical (unpaired) electrons. The van der Waals surface area contributed by atoms with Gasteiger partial charge in [0.2, 0.25) is 0 Å². The van der Waals surface area contributed by atoms with Crippen LogP contribution in [0, 0.1) is 6.92 Å². The number of hydrogen-bond acceptors (Lipinski definition) is 4. The molecule has 0 aliphatic heterocycles. The number of benzene rings is 2. The summed E-state index contributed by atoms with van der Waals surface area (Å²) in [7, 11) is 1.63. The first-order chi connectivity index (χ1) is 13.5. The molecule has 4 rings (SSSR count).